The Hall–Kier alpha value is -1.55. The molecule has 25 heavy (non-hydrogen) atoms. The second kappa shape index (κ2) is 11.1. The third kappa shape index (κ3) is 7.47. The summed E-state index contributed by atoms with van der Waals surface area (Å²) >= 11 is 0. The van der Waals surface area contributed by atoms with Crippen LogP contribution in [0, 0.1) is 0 Å². The molecule has 1 aliphatic rings. The number of nitrogens with one attached hydrogen (secondary N) is 1. The zero-order valence-electron chi connectivity index (χ0n) is 15.9. The standard InChI is InChI=1S/C21H34N2O2/c1-3-4-5-9-15-25-20-14-10-11-18(16-20)22-21(24)17-23(2)19-12-7-6-8-13-19/h10-11,14,16,19H,3-9,12-13,15,17H2,1-2H3,(H,22,24). The molecular formula is C21H34N2O2. The smallest absolute Gasteiger partial charge is 0.238 e. The molecule has 0 saturated heterocycles. The van der Waals surface area contributed by atoms with Gasteiger partial charge in [0.25, 0.3) is 0 Å². The minimum absolute atomic E-state index is 0.0492. The van der Waals surface area contributed by atoms with Crippen molar-refractivity contribution in [3.05, 3.63) is 24.3 Å². The van der Waals surface area contributed by atoms with Gasteiger partial charge in [-0.25, -0.2) is 0 Å². The maximum Gasteiger partial charge on any atom is 0.238 e. The van der Waals surface area contributed by atoms with E-state index in [1.165, 1.54) is 51.4 Å². The molecule has 140 valence electrons. The summed E-state index contributed by atoms with van der Waals surface area (Å²) in [6, 6.07) is 8.27. The van der Waals surface area contributed by atoms with Crippen LogP contribution in [-0.4, -0.2) is 37.0 Å². The Morgan fingerprint density at radius 1 is 1.20 bits per heavy atom. The maximum absolute atomic E-state index is 12.3. The van der Waals surface area contributed by atoms with Crippen molar-refractivity contribution < 1.29 is 9.53 Å². The van der Waals surface area contributed by atoms with Crippen molar-refractivity contribution in [2.75, 3.05) is 25.5 Å². The first-order valence-electron chi connectivity index (χ1n) is 9.92. The predicted molar refractivity (Wildman–Crippen MR) is 104 cm³/mol. The van der Waals surface area contributed by atoms with Gasteiger partial charge in [-0.2, -0.15) is 0 Å². The number of amides is 1. The summed E-state index contributed by atoms with van der Waals surface area (Å²) in [7, 11) is 2.06. The number of nitrogens with zero attached hydrogens (tertiary/aromatic N) is 1. The number of carbonyl (C=O) groups is 1. The predicted octanol–water partition coefficient (Wildman–Crippen LogP) is 4.85. The van der Waals surface area contributed by atoms with Gasteiger partial charge in [0.1, 0.15) is 5.75 Å². The summed E-state index contributed by atoms with van der Waals surface area (Å²) in [4.78, 5) is 14.5. The highest BCUT2D eigenvalue weighted by Crippen LogP contribution is 2.22. The Balaban J connectivity index is 1.75. The Labute approximate surface area is 152 Å². The highest BCUT2D eigenvalue weighted by molar-refractivity contribution is 5.92. The van der Waals surface area contributed by atoms with E-state index in [0.717, 1.165) is 24.5 Å². The van der Waals surface area contributed by atoms with E-state index in [1.807, 2.05) is 24.3 Å². The summed E-state index contributed by atoms with van der Waals surface area (Å²) in [6.45, 7) is 3.40. The second-order valence-corrected chi connectivity index (χ2v) is 7.19. The van der Waals surface area contributed by atoms with Crippen molar-refractivity contribution in [1.29, 1.82) is 0 Å². The summed E-state index contributed by atoms with van der Waals surface area (Å²) in [6.07, 6.45) is 11.1. The van der Waals surface area contributed by atoms with Crippen LogP contribution in [0.2, 0.25) is 0 Å². The lowest BCUT2D eigenvalue weighted by molar-refractivity contribution is -0.117. The summed E-state index contributed by atoms with van der Waals surface area (Å²) < 4.78 is 5.79. The zero-order valence-corrected chi connectivity index (χ0v) is 15.9. The molecule has 1 aromatic carbocycles. The van der Waals surface area contributed by atoms with Gasteiger partial charge in [-0.3, -0.25) is 9.69 Å². The van der Waals surface area contributed by atoms with Crippen LogP contribution in [-0.2, 0) is 4.79 Å². The first-order valence-corrected chi connectivity index (χ1v) is 9.92. The van der Waals surface area contributed by atoms with Crippen LogP contribution in [0.4, 0.5) is 5.69 Å². The van der Waals surface area contributed by atoms with E-state index in [9.17, 15) is 4.79 Å². The number of likely N-dealkylation sites (N-methyl/N-ethyl adjacent to an activating group) is 1. The van der Waals surface area contributed by atoms with Gasteiger partial charge < -0.3 is 10.1 Å². The van der Waals surface area contributed by atoms with Gasteiger partial charge in [0.15, 0.2) is 0 Å². The van der Waals surface area contributed by atoms with Crippen molar-refractivity contribution in [3.8, 4) is 5.75 Å². The number of hydrogen-bond donors (Lipinski definition) is 1. The molecule has 1 aromatic rings. The minimum atomic E-state index is 0.0492. The van der Waals surface area contributed by atoms with E-state index in [1.54, 1.807) is 0 Å². The van der Waals surface area contributed by atoms with E-state index < -0.39 is 0 Å². The molecule has 0 unspecified atom stereocenters. The number of unbranched alkanes of at least 4 members (excludes halogenated alkanes) is 3. The van der Waals surface area contributed by atoms with E-state index in [0.29, 0.717) is 12.6 Å². The molecule has 4 nitrogen and oxygen atoms in total. The highest BCUT2D eigenvalue weighted by atomic mass is 16.5. The van der Waals surface area contributed by atoms with Crippen molar-refractivity contribution in [3.63, 3.8) is 0 Å². The third-order valence-corrected chi connectivity index (χ3v) is 4.98. The lowest BCUT2D eigenvalue weighted by Crippen LogP contribution is -2.39. The first kappa shape index (κ1) is 19.8. The number of ether oxygens (including phenoxy) is 1. The fourth-order valence-corrected chi connectivity index (χ4v) is 3.46. The van der Waals surface area contributed by atoms with Crippen molar-refractivity contribution in [2.24, 2.45) is 0 Å². The molecule has 0 radical (unpaired) electrons. The van der Waals surface area contributed by atoms with Gasteiger partial charge in [-0.15, -0.1) is 0 Å². The second-order valence-electron chi connectivity index (χ2n) is 7.19. The topological polar surface area (TPSA) is 41.6 Å². The molecule has 0 aliphatic heterocycles. The van der Waals surface area contributed by atoms with Crippen LogP contribution >= 0.6 is 0 Å². The summed E-state index contributed by atoms with van der Waals surface area (Å²) in [5.74, 6) is 0.878. The summed E-state index contributed by atoms with van der Waals surface area (Å²) in [5, 5.41) is 3.00. The Kier molecular flexibility index (Phi) is 8.81. The van der Waals surface area contributed by atoms with Gasteiger partial charge in [0.05, 0.1) is 13.2 Å². The van der Waals surface area contributed by atoms with Gasteiger partial charge in [-0.05, 0) is 38.4 Å². The van der Waals surface area contributed by atoms with Gasteiger partial charge in [-0.1, -0.05) is 51.5 Å². The molecule has 1 fully saturated rings. The van der Waals surface area contributed by atoms with Crippen molar-refractivity contribution >= 4 is 11.6 Å². The van der Waals surface area contributed by atoms with Crippen molar-refractivity contribution in [1.82, 2.24) is 4.90 Å². The molecule has 1 aliphatic carbocycles. The van der Waals surface area contributed by atoms with Crippen LogP contribution in [0.25, 0.3) is 0 Å². The molecule has 0 atom stereocenters. The average molecular weight is 347 g/mol. The van der Waals surface area contributed by atoms with Crippen LogP contribution < -0.4 is 10.1 Å². The Bertz CT molecular complexity index is 512. The highest BCUT2D eigenvalue weighted by Gasteiger charge is 2.19. The third-order valence-electron chi connectivity index (χ3n) is 4.98. The van der Waals surface area contributed by atoms with Crippen LogP contribution in [0.3, 0.4) is 0 Å². The molecule has 4 heteroatoms. The largest absolute Gasteiger partial charge is 0.494 e. The number of carbonyl (C=O) groups excluding carboxylic acids is 1. The summed E-state index contributed by atoms with van der Waals surface area (Å²) in [5.41, 5.74) is 0.813. The molecule has 0 bridgehead atoms. The number of benzene rings is 1. The lowest BCUT2D eigenvalue weighted by Gasteiger charge is -2.30. The van der Waals surface area contributed by atoms with Crippen molar-refractivity contribution in [2.45, 2.75) is 70.8 Å². The zero-order chi connectivity index (χ0) is 17.9. The molecule has 0 heterocycles. The number of anilines is 1. The molecule has 0 spiro atoms. The van der Waals surface area contributed by atoms with E-state index in [-0.39, 0.29) is 5.91 Å². The number of rotatable bonds is 10. The molecule has 0 aromatic heterocycles. The van der Waals surface area contributed by atoms with Gasteiger partial charge in [0.2, 0.25) is 5.91 Å². The van der Waals surface area contributed by atoms with Gasteiger partial charge >= 0.3 is 0 Å². The van der Waals surface area contributed by atoms with Crippen LogP contribution in [0.5, 0.6) is 5.75 Å². The van der Waals surface area contributed by atoms with E-state index in [2.05, 4.69) is 24.2 Å². The van der Waals surface area contributed by atoms with Crippen LogP contribution in [0.1, 0.15) is 64.7 Å². The molecule has 1 amide bonds. The molecule has 1 saturated carbocycles. The molecule has 1 N–H and O–H groups in total. The normalized spacial score (nSPS) is 15.3. The molecular weight excluding hydrogens is 312 g/mol. The van der Waals surface area contributed by atoms with E-state index in [4.69, 9.17) is 4.74 Å². The average Bonchev–Trinajstić information content (AvgIpc) is 2.62. The monoisotopic (exact) mass is 346 g/mol. The quantitative estimate of drug-likeness (QED) is 0.616. The maximum atomic E-state index is 12.3. The minimum Gasteiger partial charge on any atom is -0.494 e. The fraction of sp³-hybridized carbons (Fsp3) is 0.667. The Morgan fingerprint density at radius 3 is 2.76 bits per heavy atom. The number of hydrogen-bond acceptors (Lipinski definition) is 3. The molecule has 2 rings (SSSR count). The SMILES string of the molecule is CCCCCCOc1cccc(NC(=O)CN(C)C2CCCCC2)c1. The Morgan fingerprint density at radius 2 is 2.00 bits per heavy atom. The first-order chi connectivity index (χ1) is 12.2. The van der Waals surface area contributed by atoms with E-state index >= 15 is 0 Å². The lowest BCUT2D eigenvalue weighted by atomic mass is 9.94. The fourth-order valence-electron chi connectivity index (χ4n) is 3.46. The van der Waals surface area contributed by atoms with Gasteiger partial charge in [0, 0.05) is 17.8 Å². The van der Waals surface area contributed by atoms with Crippen LogP contribution in [0.15, 0.2) is 24.3 Å².